The molecule has 0 aliphatic carbocycles. The molecule has 0 bridgehead atoms. The van der Waals surface area contributed by atoms with Crippen LogP contribution < -0.4 is 10.9 Å². The van der Waals surface area contributed by atoms with Crippen LogP contribution in [0.2, 0.25) is 0 Å². The highest BCUT2D eigenvalue weighted by atomic mass is 16.5. The van der Waals surface area contributed by atoms with Crippen LogP contribution in [0, 0.1) is 0 Å². The molecule has 184 valence electrons. The van der Waals surface area contributed by atoms with Gasteiger partial charge in [-0.15, -0.1) is 0 Å². The van der Waals surface area contributed by atoms with Crippen LogP contribution in [0.4, 0.5) is 5.69 Å². The van der Waals surface area contributed by atoms with Crippen molar-refractivity contribution in [3.05, 3.63) is 82.5 Å². The summed E-state index contributed by atoms with van der Waals surface area (Å²) in [5.41, 5.74) is 3.31. The van der Waals surface area contributed by atoms with Crippen molar-refractivity contribution in [2.45, 2.75) is 52.6 Å². The van der Waals surface area contributed by atoms with Crippen LogP contribution in [0.3, 0.4) is 0 Å². The van der Waals surface area contributed by atoms with E-state index in [2.05, 4.69) is 34.3 Å². The van der Waals surface area contributed by atoms with Crippen molar-refractivity contribution in [3.8, 4) is 0 Å². The molecule has 2 aromatic carbocycles. The molecule has 0 aliphatic heterocycles. The molecular weight excluding hydrogens is 456 g/mol. The van der Waals surface area contributed by atoms with Gasteiger partial charge in [-0.3, -0.25) is 14.2 Å². The predicted octanol–water partition coefficient (Wildman–Crippen LogP) is 4.50. The summed E-state index contributed by atoms with van der Waals surface area (Å²) in [6.45, 7) is 6.36. The molecule has 0 spiro atoms. The molecule has 0 radical (unpaired) electrons. The van der Waals surface area contributed by atoms with E-state index in [1.54, 1.807) is 4.57 Å². The van der Waals surface area contributed by atoms with E-state index in [9.17, 15) is 9.59 Å². The molecule has 0 atom stereocenters. The Morgan fingerprint density at radius 3 is 2.64 bits per heavy atom. The third-order valence-corrected chi connectivity index (χ3v) is 6.19. The number of hydrogen-bond donors (Lipinski definition) is 1. The van der Waals surface area contributed by atoms with Crippen molar-refractivity contribution in [2.24, 2.45) is 0 Å². The van der Waals surface area contributed by atoms with Crippen LogP contribution in [0.5, 0.6) is 0 Å². The van der Waals surface area contributed by atoms with Crippen LogP contribution in [-0.4, -0.2) is 30.2 Å². The summed E-state index contributed by atoms with van der Waals surface area (Å²) in [5, 5.41) is 7.72. The van der Waals surface area contributed by atoms with E-state index in [1.807, 2.05) is 55.5 Å². The van der Waals surface area contributed by atoms with Crippen molar-refractivity contribution in [3.63, 3.8) is 0 Å². The Hall–Kier alpha value is -4.27. The number of anilines is 1. The highest BCUT2D eigenvalue weighted by Gasteiger charge is 2.19. The van der Waals surface area contributed by atoms with Gasteiger partial charge in [0, 0.05) is 17.5 Å². The molecular formula is C27H28N6O3. The summed E-state index contributed by atoms with van der Waals surface area (Å²) in [5.74, 6) is 1.13. The lowest BCUT2D eigenvalue weighted by Gasteiger charge is -2.10. The van der Waals surface area contributed by atoms with Gasteiger partial charge in [-0.1, -0.05) is 56.3 Å². The molecule has 3 aromatic heterocycles. The minimum atomic E-state index is -0.277. The summed E-state index contributed by atoms with van der Waals surface area (Å²) >= 11 is 0. The minimum Gasteiger partial charge on any atom is -0.337 e. The third kappa shape index (κ3) is 4.51. The Morgan fingerprint density at radius 1 is 1.11 bits per heavy atom. The average molecular weight is 485 g/mol. The Bertz CT molecular complexity index is 1590. The highest BCUT2D eigenvalue weighted by molar-refractivity contribution is 6.06. The lowest BCUT2D eigenvalue weighted by atomic mass is 10.0. The number of para-hydroxylation sites is 1. The zero-order valence-electron chi connectivity index (χ0n) is 20.6. The number of hydrogen-bond acceptors (Lipinski definition) is 6. The number of nitrogens with one attached hydrogen (secondary N) is 1. The first-order valence-corrected chi connectivity index (χ1v) is 12.1. The number of amides is 1. The van der Waals surface area contributed by atoms with E-state index in [1.165, 1.54) is 16.5 Å². The van der Waals surface area contributed by atoms with Gasteiger partial charge < -0.3 is 14.4 Å². The van der Waals surface area contributed by atoms with E-state index in [-0.39, 0.29) is 24.6 Å². The molecule has 0 saturated carbocycles. The van der Waals surface area contributed by atoms with Crippen molar-refractivity contribution in [2.75, 3.05) is 5.32 Å². The number of benzene rings is 2. The molecule has 1 amide bonds. The van der Waals surface area contributed by atoms with E-state index in [4.69, 9.17) is 4.52 Å². The van der Waals surface area contributed by atoms with Gasteiger partial charge in [0.05, 0.1) is 11.8 Å². The number of carbonyl (C=O) groups is 1. The second kappa shape index (κ2) is 9.77. The van der Waals surface area contributed by atoms with Gasteiger partial charge in [-0.05, 0) is 36.1 Å². The van der Waals surface area contributed by atoms with Crippen LogP contribution >= 0.6 is 0 Å². The average Bonchev–Trinajstić information content (AvgIpc) is 3.44. The maximum atomic E-state index is 13.6. The smallest absolute Gasteiger partial charge is 0.278 e. The van der Waals surface area contributed by atoms with E-state index in [0.717, 1.165) is 17.3 Å². The molecule has 9 nitrogen and oxygen atoms in total. The number of rotatable bonds is 8. The van der Waals surface area contributed by atoms with Crippen LogP contribution in [0.1, 0.15) is 50.4 Å². The lowest BCUT2D eigenvalue weighted by molar-refractivity contribution is -0.116. The molecule has 5 aromatic rings. The normalized spacial score (nSPS) is 11.6. The Morgan fingerprint density at radius 2 is 1.89 bits per heavy atom. The number of nitrogens with zero attached hydrogens (tertiary/aromatic N) is 5. The Labute approximate surface area is 207 Å². The molecule has 0 fully saturated rings. The largest absolute Gasteiger partial charge is 0.337 e. The summed E-state index contributed by atoms with van der Waals surface area (Å²) in [4.78, 5) is 35.5. The fourth-order valence-corrected chi connectivity index (χ4v) is 4.35. The number of aryl methyl sites for hydroxylation is 1. The summed E-state index contributed by atoms with van der Waals surface area (Å²) in [7, 11) is 0. The molecule has 0 saturated heterocycles. The zero-order valence-corrected chi connectivity index (χ0v) is 20.6. The van der Waals surface area contributed by atoms with Gasteiger partial charge in [0.2, 0.25) is 11.8 Å². The Balaban J connectivity index is 1.49. The van der Waals surface area contributed by atoms with Gasteiger partial charge in [-0.2, -0.15) is 4.98 Å². The van der Waals surface area contributed by atoms with Crippen molar-refractivity contribution in [1.29, 1.82) is 0 Å². The second-order valence-corrected chi connectivity index (χ2v) is 9.16. The first kappa shape index (κ1) is 23.5. The zero-order chi connectivity index (χ0) is 25.2. The van der Waals surface area contributed by atoms with Crippen LogP contribution in [0.25, 0.3) is 21.9 Å². The number of aromatic nitrogens is 5. The maximum absolute atomic E-state index is 13.6. The first-order valence-electron chi connectivity index (χ1n) is 12.1. The van der Waals surface area contributed by atoms with Gasteiger partial charge in [0.15, 0.2) is 5.82 Å². The molecule has 3 heterocycles. The SMILES string of the molecule is CCCc1noc(Cn2cnc3c4ccccc4n(CC(=O)Nc4ccc(C(C)C)cc4)c3c2=O)n1. The van der Waals surface area contributed by atoms with Gasteiger partial charge >= 0.3 is 0 Å². The number of carbonyl (C=O) groups excluding carboxylic acids is 1. The van der Waals surface area contributed by atoms with Crippen LogP contribution in [-0.2, 0) is 24.3 Å². The van der Waals surface area contributed by atoms with E-state index in [0.29, 0.717) is 40.8 Å². The second-order valence-electron chi connectivity index (χ2n) is 9.16. The standard InChI is InChI=1S/C27H28N6O3/c1-4-7-22-30-24(36-31-22)15-32-16-28-25-20-8-5-6-9-21(20)33(26(25)27(32)35)14-23(34)29-19-12-10-18(11-13-19)17(2)3/h5-6,8-13,16-17H,4,7,14-15H2,1-3H3,(H,29,34). The monoisotopic (exact) mass is 484 g/mol. The quantitative estimate of drug-likeness (QED) is 0.348. The van der Waals surface area contributed by atoms with E-state index >= 15 is 0 Å². The fraction of sp³-hybridized carbons (Fsp3) is 0.296. The van der Waals surface area contributed by atoms with Gasteiger partial charge in [-0.25, -0.2) is 4.98 Å². The fourth-order valence-electron chi connectivity index (χ4n) is 4.35. The lowest BCUT2D eigenvalue weighted by Crippen LogP contribution is -2.25. The summed E-state index contributed by atoms with van der Waals surface area (Å²) < 4.78 is 8.47. The topological polar surface area (TPSA) is 108 Å². The van der Waals surface area contributed by atoms with Crippen molar-refractivity contribution in [1.82, 2.24) is 24.3 Å². The first-order chi connectivity index (χ1) is 17.4. The summed E-state index contributed by atoms with van der Waals surface area (Å²) in [6.07, 6.45) is 3.09. The summed E-state index contributed by atoms with van der Waals surface area (Å²) in [6, 6.07) is 15.4. The highest BCUT2D eigenvalue weighted by Crippen LogP contribution is 2.25. The molecule has 1 N–H and O–H groups in total. The van der Waals surface area contributed by atoms with Crippen LogP contribution in [0.15, 0.2) is 64.2 Å². The number of fused-ring (bicyclic) bond motifs is 3. The third-order valence-electron chi connectivity index (χ3n) is 6.19. The molecule has 0 aliphatic rings. The van der Waals surface area contributed by atoms with Gasteiger partial charge in [0.25, 0.3) is 5.56 Å². The van der Waals surface area contributed by atoms with E-state index < -0.39 is 0 Å². The van der Waals surface area contributed by atoms with Gasteiger partial charge in [0.1, 0.15) is 24.1 Å². The molecule has 36 heavy (non-hydrogen) atoms. The van der Waals surface area contributed by atoms with Crippen molar-refractivity contribution < 1.29 is 9.32 Å². The maximum Gasteiger partial charge on any atom is 0.278 e. The Kier molecular flexibility index (Phi) is 6.37. The predicted molar refractivity (Wildman–Crippen MR) is 138 cm³/mol. The molecule has 0 unspecified atom stereocenters. The minimum absolute atomic E-state index is 0.0297. The molecule has 5 rings (SSSR count). The molecule has 9 heteroatoms. The van der Waals surface area contributed by atoms with Crippen molar-refractivity contribution >= 4 is 33.5 Å².